The van der Waals surface area contributed by atoms with Crippen molar-refractivity contribution in [1.29, 1.82) is 0 Å². The Bertz CT molecular complexity index is 3240. The Labute approximate surface area is 511 Å². The van der Waals surface area contributed by atoms with Gasteiger partial charge in [0.05, 0.1) is 52.4 Å². The number of nitrogens with one attached hydrogen (secondary N) is 1. The van der Waals surface area contributed by atoms with Crippen LogP contribution in [0.3, 0.4) is 0 Å². The normalized spacial score (nSPS) is 16.5. The van der Waals surface area contributed by atoms with Crippen molar-refractivity contribution in [3.05, 3.63) is 94.7 Å². The highest BCUT2D eigenvalue weighted by atomic mass is 35.5. The average molecular weight is 1270 g/mol. The van der Waals surface area contributed by atoms with Crippen LogP contribution in [-0.4, -0.2) is 182 Å². The fourth-order valence-corrected chi connectivity index (χ4v) is 13.4. The van der Waals surface area contributed by atoms with Gasteiger partial charge in [-0.05, 0) is 158 Å². The predicted octanol–water partition coefficient (Wildman–Crippen LogP) is 11.9. The molecule has 24 heteroatoms. The van der Waals surface area contributed by atoms with Crippen molar-refractivity contribution in [2.75, 3.05) is 113 Å². The van der Waals surface area contributed by atoms with Crippen LogP contribution in [0.25, 0.3) is 32.3 Å². The second-order valence-electron chi connectivity index (χ2n) is 19.8. The largest absolute Gasteiger partial charge is 0.493 e. The van der Waals surface area contributed by atoms with Crippen LogP contribution in [0.4, 0.5) is 0 Å². The van der Waals surface area contributed by atoms with E-state index in [1.54, 1.807) is 59.3 Å². The molecule has 3 fully saturated rings. The molecule has 9 rings (SSSR count). The van der Waals surface area contributed by atoms with E-state index < -0.39 is 30.0 Å². The Morgan fingerprint density at radius 2 is 1.07 bits per heavy atom. The van der Waals surface area contributed by atoms with Crippen molar-refractivity contribution in [2.45, 2.75) is 109 Å². The van der Waals surface area contributed by atoms with Crippen LogP contribution in [-0.2, 0) is 30.0 Å². The number of halogens is 3. The number of pyridine rings is 3. The smallest absolute Gasteiger partial charge is 0.261 e. The van der Waals surface area contributed by atoms with Crippen LogP contribution in [0.5, 0.6) is 17.2 Å². The van der Waals surface area contributed by atoms with E-state index in [9.17, 15) is 25.3 Å². The van der Waals surface area contributed by atoms with Crippen molar-refractivity contribution >= 4 is 97.1 Å². The third kappa shape index (κ3) is 22.5. The Morgan fingerprint density at radius 3 is 1.71 bits per heavy atom. The van der Waals surface area contributed by atoms with Crippen LogP contribution < -0.4 is 19.5 Å². The lowest BCUT2D eigenvalue weighted by atomic mass is 10.1. The zero-order valence-electron chi connectivity index (χ0n) is 47.0. The van der Waals surface area contributed by atoms with E-state index in [2.05, 4.69) is 48.9 Å². The van der Waals surface area contributed by atoms with Crippen molar-refractivity contribution in [1.82, 2.24) is 39.3 Å². The maximum absolute atomic E-state index is 13.4. The number of benzene rings is 3. The molecule has 3 aliphatic heterocycles. The van der Waals surface area contributed by atoms with Crippen LogP contribution >= 0.6 is 34.8 Å². The van der Waals surface area contributed by atoms with Crippen LogP contribution in [0.2, 0.25) is 15.5 Å². The van der Waals surface area contributed by atoms with Gasteiger partial charge in [-0.3, -0.25) is 4.55 Å². The minimum absolute atomic E-state index is 0. The van der Waals surface area contributed by atoms with Gasteiger partial charge in [0.25, 0.3) is 10.1 Å². The summed E-state index contributed by atoms with van der Waals surface area (Å²) in [6, 6.07) is 18.1. The molecule has 3 aromatic carbocycles. The van der Waals surface area contributed by atoms with Crippen molar-refractivity contribution < 1.29 is 44.0 Å². The molecule has 6 heterocycles. The summed E-state index contributed by atoms with van der Waals surface area (Å²) in [5.74, 6) is 1.70. The zero-order chi connectivity index (χ0) is 58.5. The lowest BCUT2D eigenvalue weighted by Gasteiger charge is -2.22. The standard InChI is InChI=1S/C19H25ClN2O3S.C18H24ClN3O3S.C12H12ClNO.C6H14N2.CH4O3S.3CH4/c1-3-13-25-16-6-7-17(15-8-10-21-19(20)18(15)16)26(23,24)14-5-4-11-22(2)12-9-14;1-3-13-25-17-15(6-5-14-7-8-20-18(19)16(14)17)26(23,24)22-10-4-9-21(2)11-12-22;1-2-8-15-10-5-3-4-9-6-7-14-12(13)11(9)10;1-8-5-2-3-7-4-6-8;1-5(2,3)4;;;/h6-8,10,14H,3-5,9,11-13H2,1-2H3;5-8H,3-4,9-13H2,1-2H3;3-7H,2,8H2,1H3;7H,2-6H2,1H3;1H3,(H,2,3,4);3*1H4. The van der Waals surface area contributed by atoms with Gasteiger partial charge in [-0.15, -0.1) is 0 Å². The quantitative estimate of drug-likeness (QED) is 0.0812. The Kier molecular flexibility index (Phi) is 33.1. The van der Waals surface area contributed by atoms with Crippen molar-refractivity contribution in [3.63, 3.8) is 0 Å². The van der Waals surface area contributed by atoms with Gasteiger partial charge in [0.1, 0.15) is 37.6 Å². The number of hydrogen-bond donors (Lipinski definition) is 2. The predicted molar refractivity (Wildman–Crippen MR) is 343 cm³/mol. The first kappa shape index (κ1) is 74.9. The van der Waals surface area contributed by atoms with Gasteiger partial charge >= 0.3 is 0 Å². The van der Waals surface area contributed by atoms with Gasteiger partial charge < -0.3 is 34.2 Å². The molecule has 3 saturated heterocycles. The molecule has 466 valence electrons. The number of rotatable bonds is 13. The molecule has 0 spiro atoms. The summed E-state index contributed by atoms with van der Waals surface area (Å²) in [6.45, 7) is 16.8. The number of sulfone groups is 1. The number of likely N-dealkylation sites (N-methyl/N-ethyl adjacent to an activating group) is 2. The molecule has 2 N–H and O–H groups in total. The highest BCUT2D eigenvalue weighted by Gasteiger charge is 2.33. The Balaban J connectivity index is 0.000000385. The summed E-state index contributed by atoms with van der Waals surface area (Å²) in [7, 11) is -4.59. The molecule has 18 nitrogen and oxygen atoms in total. The molecule has 6 aromatic rings. The summed E-state index contributed by atoms with van der Waals surface area (Å²) in [6.07, 6.45) is 12.5. The maximum Gasteiger partial charge on any atom is 0.261 e. The monoisotopic (exact) mass is 1270 g/mol. The Morgan fingerprint density at radius 1 is 0.554 bits per heavy atom. The minimum Gasteiger partial charge on any atom is -0.493 e. The highest BCUT2D eigenvalue weighted by Crippen LogP contribution is 2.40. The van der Waals surface area contributed by atoms with E-state index in [1.165, 1.54) is 26.1 Å². The molecule has 0 aliphatic carbocycles. The van der Waals surface area contributed by atoms with E-state index in [0.29, 0.717) is 96.3 Å². The number of sulfonamides is 1. The number of hydrogen-bond acceptors (Lipinski definition) is 16. The fourth-order valence-electron chi connectivity index (χ4n) is 9.08. The summed E-state index contributed by atoms with van der Waals surface area (Å²) >= 11 is 18.6. The van der Waals surface area contributed by atoms with Gasteiger partial charge in [0, 0.05) is 56.7 Å². The van der Waals surface area contributed by atoms with Gasteiger partial charge in [0.2, 0.25) is 10.0 Å². The molecule has 1 atom stereocenters. The van der Waals surface area contributed by atoms with Crippen molar-refractivity contribution in [2.24, 2.45) is 0 Å². The van der Waals surface area contributed by atoms with Crippen molar-refractivity contribution in [3.8, 4) is 17.2 Å². The average Bonchev–Trinajstić information content (AvgIpc) is 2.87. The van der Waals surface area contributed by atoms with Crippen LogP contribution in [0.15, 0.2) is 89.0 Å². The Hall–Kier alpha value is -4.23. The lowest BCUT2D eigenvalue weighted by Crippen LogP contribution is -2.34. The molecule has 1 unspecified atom stereocenters. The topological polar surface area (TPSA) is 214 Å². The minimum atomic E-state index is -3.68. The third-order valence-corrected chi connectivity index (χ3v) is 18.3. The number of ether oxygens (including phenoxy) is 3. The van der Waals surface area contributed by atoms with E-state index in [4.69, 9.17) is 53.6 Å². The van der Waals surface area contributed by atoms with Gasteiger partial charge in [-0.1, -0.05) is 96.1 Å². The summed E-state index contributed by atoms with van der Waals surface area (Å²) in [4.78, 5) is 19.5. The maximum atomic E-state index is 13.4. The highest BCUT2D eigenvalue weighted by molar-refractivity contribution is 7.92. The van der Waals surface area contributed by atoms with Gasteiger partial charge in [0.15, 0.2) is 9.84 Å². The van der Waals surface area contributed by atoms with E-state index in [0.717, 1.165) is 80.2 Å². The SMILES string of the molecule is C.C.C.CCCOc1c(S(=O)(=O)N2CCCN(C)CC2)ccc2ccnc(Cl)c12.CCCOc1ccc(S(=O)(=O)C2CCCN(C)CC2)c2ccnc(Cl)c12.CCCOc1cccc2ccnc(Cl)c12.CN1CCCNCC1.CS(=O)(=O)O. The number of fused-ring (bicyclic) bond motifs is 3. The van der Waals surface area contributed by atoms with Crippen LogP contribution in [0.1, 0.15) is 94.4 Å². The first-order valence-corrected chi connectivity index (χ1v) is 33.1. The van der Waals surface area contributed by atoms with Gasteiger partial charge in [-0.25, -0.2) is 31.8 Å². The summed E-state index contributed by atoms with van der Waals surface area (Å²) in [5.41, 5.74) is 0. The molecule has 0 radical (unpaired) electrons. The second kappa shape index (κ2) is 36.7. The molecule has 0 bridgehead atoms. The number of nitrogens with zero attached hydrogens (tertiary/aromatic N) is 7. The molecule has 0 saturated carbocycles. The summed E-state index contributed by atoms with van der Waals surface area (Å²) in [5, 5.41) is 8.48. The molecular weight excluding hydrogens is 1180 g/mol. The fraction of sp³-hybridized carbons (Fsp3) is 0.542. The zero-order valence-corrected chi connectivity index (χ0v) is 51.8. The molecule has 3 aromatic heterocycles. The molecule has 83 heavy (non-hydrogen) atoms. The van der Waals surface area contributed by atoms with E-state index >= 15 is 0 Å². The lowest BCUT2D eigenvalue weighted by molar-refractivity contribution is 0.311. The first-order valence-electron chi connectivity index (χ1n) is 27.1. The molecular formula is C59H91Cl3N8O10S3. The molecule has 3 aliphatic rings. The molecule has 0 amide bonds. The van der Waals surface area contributed by atoms with E-state index in [1.807, 2.05) is 52.2 Å². The number of likely N-dealkylation sites (tertiary alicyclic amines) is 1. The van der Waals surface area contributed by atoms with E-state index in [-0.39, 0.29) is 42.7 Å². The first-order chi connectivity index (χ1) is 38.1. The third-order valence-electron chi connectivity index (χ3n) is 13.2. The second-order valence-corrected chi connectivity index (χ2v) is 26.4. The number of aromatic nitrogens is 3. The summed E-state index contributed by atoms with van der Waals surface area (Å²) < 4.78 is 98.1. The van der Waals surface area contributed by atoms with Crippen LogP contribution in [0, 0.1) is 0 Å². The van der Waals surface area contributed by atoms with Gasteiger partial charge in [-0.2, -0.15) is 12.7 Å².